The SMILES string of the molecule is Cn1cc2ccc(NC(=O)c3ccc(OC4CCSC4)nc3)cc2n1. The van der Waals surface area contributed by atoms with E-state index in [1.807, 2.05) is 43.2 Å². The van der Waals surface area contributed by atoms with E-state index in [-0.39, 0.29) is 12.0 Å². The second-order valence-corrected chi connectivity index (χ2v) is 7.17. The number of nitrogens with one attached hydrogen (secondary N) is 1. The van der Waals surface area contributed by atoms with Crippen LogP contribution in [-0.2, 0) is 7.05 Å². The van der Waals surface area contributed by atoms with Gasteiger partial charge >= 0.3 is 0 Å². The van der Waals surface area contributed by atoms with Crippen molar-refractivity contribution in [2.45, 2.75) is 12.5 Å². The first-order chi connectivity index (χ1) is 12.2. The molecule has 0 radical (unpaired) electrons. The van der Waals surface area contributed by atoms with Crippen molar-refractivity contribution in [2.24, 2.45) is 7.05 Å². The number of pyridine rings is 1. The van der Waals surface area contributed by atoms with Gasteiger partial charge in [0, 0.05) is 42.3 Å². The summed E-state index contributed by atoms with van der Waals surface area (Å²) in [6, 6.07) is 9.14. The van der Waals surface area contributed by atoms with E-state index >= 15 is 0 Å². The van der Waals surface area contributed by atoms with E-state index in [1.54, 1.807) is 23.0 Å². The Hall–Kier alpha value is -2.54. The van der Waals surface area contributed by atoms with Gasteiger partial charge < -0.3 is 10.1 Å². The maximum absolute atomic E-state index is 12.4. The van der Waals surface area contributed by atoms with Crippen LogP contribution in [0.1, 0.15) is 16.8 Å². The fourth-order valence-electron chi connectivity index (χ4n) is 2.78. The molecule has 3 heterocycles. The Bertz CT molecular complexity index is 901. The third kappa shape index (κ3) is 3.61. The Morgan fingerprint density at radius 1 is 1.36 bits per heavy atom. The van der Waals surface area contributed by atoms with Crippen molar-refractivity contribution in [1.82, 2.24) is 14.8 Å². The Labute approximate surface area is 149 Å². The van der Waals surface area contributed by atoms with E-state index in [1.165, 1.54) is 0 Å². The van der Waals surface area contributed by atoms with Crippen molar-refractivity contribution in [2.75, 3.05) is 16.8 Å². The Kier molecular flexibility index (Phi) is 4.31. The molecule has 7 heteroatoms. The third-order valence-electron chi connectivity index (χ3n) is 4.05. The number of thioether (sulfide) groups is 1. The van der Waals surface area contributed by atoms with Crippen LogP contribution in [0.5, 0.6) is 5.88 Å². The number of carbonyl (C=O) groups is 1. The Balaban J connectivity index is 1.44. The van der Waals surface area contributed by atoms with Gasteiger partial charge in [0.1, 0.15) is 6.10 Å². The predicted octanol–water partition coefficient (Wildman–Crippen LogP) is 3.10. The first kappa shape index (κ1) is 16.0. The van der Waals surface area contributed by atoms with Gasteiger partial charge in [-0.3, -0.25) is 9.48 Å². The number of hydrogen-bond donors (Lipinski definition) is 1. The molecule has 1 fully saturated rings. The smallest absolute Gasteiger partial charge is 0.257 e. The molecule has 0 aliphatic carbocycles. The predicted molar refractivity (Wildman–Crippen MR) is 99.3 cm³/mol. The maximum Gasteiger partial charge on any atom is 0.257 e. The molecule has 6 nitrogen and oxygen atoms in total. The van der Waals surface area contributed by atoms with Gasteiger partial charge in [0.15, 0.2) is 0 Å². The molecule has 128 valence electrons. The molecule has 25 heavy (non-hydrogen) atoms. The molecule has 0 bridgehead atoms. The van der Waals surface area contributed by atoms with Crippen LogP contribution in [0, 0.1) is 0 Å². The number of amides is 1. The van der Waals surface area contributed by atoms with Crippen molar-refractivity contribution in [1.29, 1.82) is 0 Å². The summed E-state index contributed by atoms with van der Waals surface area (Å²) in [6.07, 6.45) is 4.76. The summed E-state index contributed by atoms with van der Waals surface area (Å²) in [5.41, 5.74) is 2.05. The minimum Gasteiger partial charge on any atom is -0.473 e. The number of fused-ring (bicyclic) bond motifs is 1. The number of rotatable bonds is 4. The highest BCUT2D eigenvalue weighted by atomic mass is 32.2. The Morgan fingerprint density at radius 2 is 2.28 bits per heavy atom. The van der Waals surface area contributed by atoms with Crippen LogP contribution in [0.4, 0.5) is 5.69 Å². The van der Waals surface area contributed by atoms with Gasteiger partial charge in [-0.25, -0.2) is 4.98 Å². The highest BCUT2D eigenvalue weighted by molar-refractivity contribution is 7.99. The van der Waals surface area contributed by atoms with E-state index in [0.29, 0.717) is 17.1 Å². The highest BCUT2D eigenvalue weighted by Gasteiger charge is 2.17. The van der Waals surface area contributed by atoms with Crippen molar-refractivity contribution >= 4 is 34.3 Å². The topological polar surface area (TPSA) is 69.0 Å². The lowest BCUT2D eigenvalue weighted by Crippen LogP contribution is -2.16. The number of benzene rings is 1. The molecule has 0 spiro atoms. The minimum atomic E-state index is -0.203. The zero-order chi connectivity index (χ0) is 17.2. The number of hydrogen-bond acceptors (Lipinski definition) is 5. The molecular formula is C18H18N4O2S. The van der Waals surface area contributed by atoms with Gasteiger partial charge in [-0.05, 0) is 36.4 Å². The normalized spacial score (nSPS) is 16.9. The molecule has 0 saturated carbocycles. The first-order valence-corrected chi connectivity index (χ1v) is 9.28. The lowest BCUT2D eigenvalue weighted by atomic mass is 10.2. The monoisotopic (exact) mass is 354 g/mol. The van der Waals surface area contributed by atoms with Crippen molar-refractivity contribution in [3.05, 3.63) is 48.3 Å². The standard InChI is InChI=1S/C18H18N4O2S/c1-22-10-13-2-4-14(8-16(13)21-22)20-18(23)12-3-5-17(19-9-12)24-15-6-7-25-11-15/h2-5,8-10,15H,6-7,11H2,1H3,(H,20,23). The van der Waals surface area contributed by atoms with Crippen molar-refractivity contribution in [3.8, 4) is 5.88 Å². The van der Waals surface area contributed by atoms with E-state index in [0.717, 1.165) is 28.8 Å². The summed E-state index contributed by atoms with van der Waals surface area (Å²) in [5.74, 6) is 2.50. The van der Waals surface area contributed by atoms with E-state index in [4.69, 9.17) is 4.74 Å². The van der Waals surface area contributed by atoms with E-state index < -0.39 is 0 Å². The fourth-order valence-corrected chi connectivity index (χ4v) is 3.88. The Morgan fingerprint density at radius 3 is 3.04 bits per heavy atom. The molecule has 2 aromatic heterocycles. The number of aryl methyl sites for hydroxylation is 1. The maximum atomic E-state index is 12.4. The van der Waals surface area contributed by atoms with Gasteiger partial charge in [0.2, 0.25) is 5.88 Å². The van der Waals surface area contributed by atoms with Gasteiger partial charge in [0.05, 0.1) is 11.1 Å². The molecular weight excluding hydrogens is 336 g/mol. The van der Waals surface area contributed by atoms with Gasteiger partial charge in [-0.15, -0.1) is 0 Å². The summed E-state index contributed by atoms with van der Waals surface area (Å²) in [4.78, 5) is 16.6. The summed E-state index contributed by atoms with van der Waals surface area (Å²) in [6.45, 7) is 0. The van der Waals surface area contributed by atoms with Crippen LogP contribution in [0.2, 0.25) is 0 Å². The number of nitrogens with zero attached hydrogens (tertiary/aromatic N) is 3. The molecule has 1 aliphatic heterocycles. The molecule has 1 atom stereocenters. The summed E-state index contributed by atoms with van der Waals surface area (Å²) in [7, 11) is 1.87. The molecule has 1 amide bonds. The lowest BCUT2D eigenvalue weighted by molar-refractivity contribution is 0.102. The molecule has 1 saturated heterocycles. The van der Waals surface area contributed by atoms with Crippen LogP contribution in [0.3, 0.4) is 0 Å². The fraction of sp³-hybridized carbons (Fsp3) is 0.278. The molecule has 1 aromatic carbocycles. The van der Waals surface area contributed by atoms with Gasteiger partial charge in [-0.1, -0.05) is 0 Å². The number of carbonyl (C=O) groups excluding carboxylic acids is 1. The lowest BCUT2D eigenvalue weighted by Gasteiger charge is -2.11. The zero-order valence-electron chi connectivity index (χ0n) is 13.8. The van der Waals surface area contributed by atoms with Gasteiger partial charge in [0.25, 0.3) is 5.91 Å². The number of aromatic nitrogens is 3. The highest BCUT2D eigenvalue weighted by Crippen LogP contribution is 2.22. The third-order valence-corrected chi connectivity index (χ3v) is 5.19. The molecule has 1 aliphatic rings. The number of anilines is 1. The average molecular weight is 354 g/mol. The average Bonchev–Trinajstić information content (AvgIpc) is 3.23. The molecule has 4 rings (SSSR count). The molecule has 1 unspecified atom stereocenters. The summed E-state index contributed by atoms with van der Waals surface area (Å²) >= 11 is 1.89. The first-order valence-electron chi connectivity index (χ1n) is 8.12. The van der Waals surface area contributed by atoms with Gasteiger partial charge in [-0.2, -0.15) is 16.9 Å². The van der Waals surface area contributed by atoms with Crippen LogP contribution in [0.15, 0.2) is 42.7 Å². The van der Waals surface area contributed by atoms with E-state index in [2.05, 4.69) is 15.4 Å². The zero-order valence-corrected chi connectivity index (χ0v) is 14.6. The van der Waals surface area contributed by atoms with Crippen LogP contribution in [-0.4, -0.2) is 38.3 Å². The van der Waals surface area contributed by atoms with Crippen LogP contribution >= 0.6 is 11.8 Å². The molecule has 1 N–H and O–H groups in total. The summed E-state index contributed by atoms with van der Waals surface area (Å²) < 4.78 is 7.56. The second kappa shape index (κ2) is 6.76. The second-order valence-electron chi connectivity index (χ2n) is 6.02. The van der Waals surface area contributed by atoms with Crippen molar-refractivity contribution < 1.29 is 9.53 Å². The van der Waals surface area contributed by atoms with E-state index in [9.17, 15) is 4.79 Å². The summed E-state index contributed by atoms with van der Waals surface area (Å²) in [5, 5.41) is 8.26. The van der Waals surface area contributed by atoms with Crippen LogP contribution in [0.25, 0.3) is 10.9 Å². The van der Waals surface area contributed by atoms with Crippen LogP contribution < -0.4 is 10.1 Å². The van der Waals surface area contributed by atoms with Crippen molar-refractivity contribution in [3.63, 3.8) is 0 Å². The minimum absolute atomic E-state index is 0.203. The molecule has 3 aromatic rings. The largest absolute Gasteiger partial charge is 0.473 e. The quantitative estimate of drug-likeness (QED) is 0.780. The number of ether oxygens (including phenoxy) is 1.